The van der Waals surface area contributed by atoms with Gasteiger partial charge in [-0.3, -0.25) is 9.59 Å². The molecular formula is C28H39NO6. The second-order valence-electron chi connectivity index (χ2n) is 8.84. The maximum atomic E-state index is 13.5. The summed E-state index contributed by atoms with van der Waals surface area (Å²) in [7, 11) is 1.31. The Hall–Kier alpha value is -2.93. The Bertz CT molecular complexity index is 867. The van der Waals surface area contributed by atoms with Gasteiger partial charge in [-0.1, -0.05) is 56.7 Å². The Morgan fingerprint density at radius 2 is 2.03 bits per heavy atom. The molecule has 0 bridgehead atoms. The van der Waals surface area contributed by atoms with E-state index in [9.17, 15) is 14.4 Å². The molecule has 0 aromatic heterocycles. The van der Waals surface area contributed by atoms with E-state index in [1.54, 1.807) is 12.2 Å². The second kappa shape index (κ2) is 15.1. The molecule has 3 atom stereocenters. The first-order valence-electron chi connectivity index (χ1n) is 12.4. The molecule has 1 saturated heterocycles. The highest BCUT2D eigenvalue weighted by Crippen LogP contribution is 2.27. The molecule has 7 heteroatoms. The molecule has 0 spiro atoms. The molecule has 35 heavy (non-hydrogen) atoms. The van der Waals surface area contributed by atoms with Gasteiger partial charge in [-0.05, 0) is 36.5 Å². The Balaban J connectivity index is 2.06. The number of likely N-dealkylation sites (tertiary alicyclic amines) is 1. The van der Waals surface area contributed by atoms with Gasteiger partial charge in [0.2, 0.25) is 5.91 Å². The van der Waals surface area contributed by atoms with Gasteiger partial charge in [0.15, 0.2) is 0 Å². The maximum Gasteiger partial charge on any atom is 0.328 e. The smallest absolute Gasteiger partial charge is 0.328 e. The molecule has 1 aliphatic rings. The lowest BCUT2D eigenvalue weighted by molar-refractivity contribution is -0.154. The first-order chi connectivity index (χ1) is 16.9. The number of nitrogens with zero attached hydrogens (tertiary/aromatic N) is 1. The number of carbonyl (C=O) groups excluding carboxylic acids is 3. The van der Waals surface area contributed by atoms with Crippen LogP contribution in [0, 0.1) is 5.92 Å². The van der Waals surface area contributed by atoms with Crippen LogP contribution >= 0.6 is 0 Å². The van der Waals surface area contributed by atoms with Crippen molar-refractivity contribution in [1.82, 2.24) is 4.90 Å². The third-order valence-corrected chi connectivity index (χ3v) is 6.18. The Morgan fingerprint density at radius 1 is 1.23 bits per heavy atom. The highest BCUT2D eigenvalue weighted by atomic mass is 16.5. The van der Waals surface area contributed by atoms with Crippen LogP contribution in [0.2, 0.25) is 0 Å². The van der Waals surface area contributed by atoms with E-state index in [1.807, 2.05) is 31.2 Å². The number of rotatable bonds is 15. The average molecular weight is 486 g/mol. The van der Waals surface area contributed by atoms with Crippen molar-refractivity contribution >= 4 is 23.9 Å². The van der Waals surface area contributed by atoms with Crippen LogP contribution in [0.3, 0.4) is 0 Å². The highest BCUT2D eigenvalue weighted by Gasteiger charge is 2.43. The summed E-state index contributed by atoms with van der Waals surface area (Å²) < 4.78 is 16.4. The van der Waals surface area contributed by atoms with Crippen LogP contribution in [0.25, 0.3) is 6.08 Å². The Morgan fingerprint density at radius 3 is 2.71 bits per heavy atom. The number of ether oxygens (including phenoxy) is 3. The largest absolute Gasteiger partial charge is 0.467 e. The summed E-state index contributed by atoms with van der Waals surface area (Å²) in [5.41, 5.74) is 1.98. The van der Waals surface area contributed by atoms with E-state index >= 15 is 0 Å². The monoisotopic (exact) mass is 485 g/mol. The third kappa shape index (κ3) is 8.98. The van der Waals surface area contributed by atoms with Crippen molar-refractivity contribution in [3.63, 3.8) is 0 Å². The predicted molar refractivity (Wildman–Crippen MR) is 135 cm³/mol. The minimum absolute atomic E-state index is 0.00279. The number of carbonyl (C=O) groups is 3. The van der Waals surface area contributed by atoms with Crippen LogP contribution in [0.15, 0.2) is 43.5 Å². The number of benzene rings is 1. The van der Waals surface area contributed by atoms with Gasteiger partial charge in [0.1, 0.15) is 6.04 Å². The molecule has 0 saturated carbocycles. The van der Waals surface area contributed by atoms with Gasteiger partial charge in [0.25, 0.3) is 0 Å². The standard InChI is InChI=1S/C28H39NO6/c1-5-8-10-15-34-26(30)17-23(14-9-6-2)27(31)29-19-24(18-25(29)28(32)33-4)35-20-22-13-11-12-21(7-3)16-22/h5,7,11-13,16,23-25H,1,3,6,8-10,14-15,17-20H2,2,4H3/t23-,24-,25+/m1/s1. The number of hydrogen-bond acceptors (Lipinski definition) is 6. The van der Waals surface area contributed by atoms with E-state index in [1.165, 1.54) is 12.0 Å². The minimum Gasteiger partial charge on any atom is -0.467 e. The third-order valence-electron chi connectivity index (χ3n) is 6.18. The van der Waals surface area contributed by atoms with Crippen LogP contribution < -0.4 is 0 Å². The topological polar surface area (TPSA) is 82.1 Å². The highest BCUT2D eigenvalue weighted by molar-refractivity contribution is 5.88. The number of methoxy groups -OCH3 is 1. The number of amides is 1. The molecule has 2 rings (SSSR count). The molecular weight excluding hydrogens is 446 g/mol. The Labute approximate surface area is 209 Å². The summed E-state index contributed by atoms with van der Waals surface area (Å²) in [5, 5.41) is 0. The number of unbranched alkanes of at least 4 members (excludes halogenated alkanes) is 2. The van der Waals surface area contributed by atoms with Crippen LogP contribution in [0.1, 0.15) is 63.0 Å². The fourth-order valence-electron chi connectivity index (χ4n) is 4.22. The quantitative estimate of drug-likeness (QED) is 0.204. The zero-order valence-corrected chi connectivity index (χ0v) is 21.1. The van der Waals surface area contributed by atoms with Gasteiger partial charge in [0.05, 0.1) is 32.8 Å². The van der Waals surface area contributed by atoms with E-state index in [4.69, 9.17) is 14.2 Å². The minimum atomic E-state index is -0.732. The van der Waals surface area contributed by atoms with E-state index in [0.29, 0.717) is 32.5 Å². The van der Waals surface area contributed by atoms with Gasteiger partial charge in [0, 0.05) is 18.9 Å². The molecule has 0 N–H and O–H groups in total. The number of esters is 2. The zero-order valence-electron chi connectivity index (χ0n) is 21.1. The molecule has 0 aliphatic carbocycles. The average Bonchev–Trinajstić information content (AvgIpc) is 3.31. The molecule has 1 heterocycles. The lowest BCUT2D eigenvalue weighted by Gasteiger charge is -2.27. The molecule has 1 fully saturated rings. The molecule has 0 unspecified atom stereocenters. The van der Waals surface area contributed by atoms with E-state index in [2.05, 4.69) is 13.2 Å². The van der Waals surface area contributed by atoms with Crippen molar-refractivity contribution in [2.75, 3.05) is 20.3 Å². The predicted octanol–water partition coefficient (Wildman–Crippen LogP) is 4.69. The van der Waals surface area contributed by atoms with E-state index in [-0.39, 0.29) is 25.0 Å². The summed E-state index contributed by atoms with van der Waals surface area (Å²) in [4.78, 5) is 40.0. The van der Waals surface area contributed by atoms with Crippen LogP contribution in [-0.2, 0) is 35.2 Å². The fraction of sp³-hybridized carbons (Fsp3) is 0.536. The van der Waals surface area contributed by atoms with Crippen LogP contribution in [-0.4, -0.2) is 55.2 Å². The Kier molecular flexibility index (Phi) is 12.2. The molecule has 7 nitrogen and oxygen atoms in total. The van der Waals surface area contributed by atoms with Gasteiger partial charge >= 0.3 is 11.9 Å². The van der Waals surface area contributed by atoms with Crippen molar-refractivity contribution in [1.29, 1.82) is 0 Å². The number of hydrogen-bond donors (Lipinski definition) is 0. The maximum absolute atomic E-state index is 13.5. The summed E-state index contributed by atoms with van der Waals surface area (Å²) in [6.07, 6.45) is 7.31. The van der Waals surface area contributed by atoms with Crippen molar-refractivity contribution in [2.24, 2.45) is 5.92 Å². The normalized spacial score (nSPS) is 18.1. The van der Waals surface area contributed by atoms with Crippen molar-refractivity contribution in [3.05, 3.63) is 54.6 Å². The fourth-order valence-corrected chi connectivity index (χ4v) is 4.22. The molecule has 1 aromatic rings. The molecule has 1 aliphatic heterocycles. The van der Waals surface area contributed by atoms with Crippen molar-refractivity contribution in [2.45, 2.75) is 70.6 Å². The van der Waals surface area contributed by atoms with Crippen LogP contribution in [0.5, 0.6) is 0 Å². The van der Waals surface area contributed by atoms with Gasteiger partial charge in [-0.25, -0.2) is 4.79 Å². The van der Waals surface area contributed by atoms with E-state index < -0.39 is 23.9 Å². The van der Waals surface area contributed by atoms with Gasteiger partial charge in [-0.2, -0.15) is 0 Å². The molecule has 0 radical (unpaired) electrons. The summed E-state index contributed by atoms with van der Waals surface area (Å²) >= 11 is 0. The second-order valence-corrected chi connectivity index (χ2v) is 8.84. The lowest BCUT2D eigenvalue weighted by Crippen LogP contribution is -2.44. The molecule has 192 valence electrons. The van der Waals surface area contributed by atoms with Crippen LogP contribution in [0.4, 0.5) is 0 Å². The van der Waals surface area contributed by atoms with Crippen molar-refractivity contribution in [3.8, 4) is 0 Å². The SMILES string of the molecule is C=CCCCOC(=O)C[C@@H](CCCC)C(=O)N1C[C@H](OCc2cccc(C=C)c2)C[C@H]1C(=O)OC. The lowest BCUT2D eigenvalue weighted by atomic mass is 9.96. The van der Waals surface area contributed by atoms with Gasteiger partial charge in [-0.15, -0.1) is 6.58 Å². The summed E-state index contributed by atoms with van der Waals surface area (Å²) in [5.74, 6) is -1.64. The molecule has 1 amide bonds. The van der Waals surface area contributed by atoms with E-state index in [0.717, 1.165) is 30.4 Å². The van der Waals surface area contributed by atoms with Gasteiger partial charge < -0.3 is 19.1 Å². The van der Waals surface area contributed by atoms with Crippen molar-refractivity contribution < 1.29 is 28.6 Å². The first kappa shape index (κ1) is 28.3. The molecule has 1 aromatic carbocycles. The summed E-state index contributed by atoms with van der Waals surface area (Å²) in [6, 6.07) is 7.12. The summed E-state index contributed by atoms with van der Waals surface area (Å²) in [6.45, 7) is 10.4. The number of allylic oxidation sites excluding steroid dienone is 1. The zero-order chi connectivity index (χ0) is 25.6. The first-order valence-corrected chi connectivity index (χ1v) is 12.4.